The number of carbonyl (C=O) groups is 1. The lowest BCUT2D eigenvalue weighted by Crippen LogP contribution is -2.45. The Balaban J connectivity index is 1.83. The molecule has 1 heterocycles. The van der Waals surface area contributed by atoms with E-state index in [9.17, 15) is 4.79 Å². The first-order chi connectivity index (χ1) is 10.7. The molecule has 0 fully saturated rings. The molecule has 2 aromatic rings. The minimum Gasteiger partial charge on any atom is -0.486 e. The molecule has 1 aliphatic rings. The van der Waals surface area contributed by atoms with E-state index in [-0.39, 0.29) is 12.1 Å². The molecule has 0 saturated carbocycles. The van der Waals surface area contributed by atoms with Crippen LogP contribution in [-0.2, 0) is 0 Å². The van der Waals surface area contributed by atoms with Gasteiger partial charge in [-0.3, -0.25) is 4.90 Å². The predicted molar refractivity (Wildman–Crippen MR) is 89.0 cm³/mol. The Hall–Kier alpha value is -2.20. The van der Waals surface area contributed by atoms with Gasteiger partial charge in [-0.05, 0) is 42.8 Å². The van der Waals surface area contributed by atoms with Crippen LogP contribution >= 0.6 is 11.6 Å². The fraction of sp³-hybridized carbons (Fsp3) is 0.235. The van der Waals surface area contributed by atoms with E-state index < -0.39 is 0 Å². The summed E-state index contributed by atoms with van der Waals surface area (Å²) in [6.07, 6.45) is 0.852. The first-order valence-corrected chi connectivity index (χ1v) is 7.65. The largest absolute Gasteiger partial charge is 0.486 e. The van der Waals surface area contributed by atoms with E-state index in [1.54, 1.807) is 29.2 Å². The topological polar surface area (TPSA) is 41.6 Å². The van der Waals surface area contributed by atoms with Crippen molar-refractivity contribution in [2.24, 2.45) is 0 Å². The maximum atomic E-state index is 12.6. The molecule has 5 heteroatoms. The highest BCUT2D eigenvalue weighted by Gasteiger charge is 2.28. The summed E-state index contributed by atoms with van der Waals surface area (Å²) in [5, 5.41) is 3.54. The summed E-state index contributed by atoms with van der Waals surface area (Å²) in [5.41, 5.74) is 1.50. The number of amides is 2. The van der Waals surface area contributed by atoms with E-state index >= 15 is 0 Å². The van der Waals surface area contributed by atoms with Crippen molar-refractivity contribution in [2.45, 2.75) is 19.4 Å². The molecule has 0 saturated heterocycles. The standard InChI is InChI=1S/C17H17ClN2O2/c1-2-14-11-20(15-5-3-4-6-16(15)22-14)17(21)19-13-9-7-12(18)8-10-13/h3-10,14H,2,11H2,1H3,(H,19,21)/t14-/m0/s1. The number of halogens is 1. The number of nitrogens with one attached hydrogen (secondary N) is 1. The van der Waals surface area contributed by atoms with Gasteiger partial charge in [-0.25, -0.2) is 4.79 Å². The molecule has 0 unspecified atom stereocenters. The lowest BCUT2D eigenvalue weighted by atomic mass is 10.1. The zero-order valence-corrected chi connectivity index (χ0v) is 13.0. The Morgan fingerprint density at radius 2 is 2.00 bits per heavy atom. The van der Waals surface area contributed by atoms with Gasteiger partial charge in [0.05, 0.1) is 12.2 Å². The molecule has 1 aliphatic heterocycles. The summed E-state index contributed by atoms with van der Waals surface area (Å²) in [7, 11) is 0. The van der Waals surface area contributed by atoms with Crippen molar-refractivity contribution in [1.29, 1.82) is 0 Å². The third kappa shape index (κ3) is 3.02. The Kier molecular flexibility index (Phi) is 4.20. The van der Waals surface area contributed by atoms with Crippen LogP contribution in [0.1, 0.15) is 13.3 Å². The highest BCUT2D eigenvalue weighted by atomic mass is 35.5. The number of benzene rings is 2. The van der Waals surface area contributed by atoms with Gasteiger partial charge in [-0.2, -0.15) is 0 Å². The maximum absolute atomic E-state index is 12.6. The van der Waals surface area contributed by atoms with Crippen molar-refractivity contribution in [3.63, 3.8) is 0 Å². The molecule has 114 valence electrons. The lowest BCUT2D eigenvalue weighted by molar-refractivity contribution is 0.188. The van der Waals surface area contributed by atoms with Gasteiger partial charge in [0.15, 0.2) is 0 Å². The Morgan fingerprint density at radius 1 is 1.27 bits per heavy atom. The van der Waals surface area contributed by atoms with Crippen molar-refractivity contribution in [1.82, 2.24) is 0 Å². The molecule has 1 N–H and O–H groups in total. The van der Waals surface area contributed by atoms with Gasteiger partial charge < -0.3 is 10.1 Å². The number of anilines is 2. The third-order valence-electron chi connectivity index (χ3n) is 3.63. The molecular formula is C17H17ClN2O2. The average Bonchev–Trinajstić information content (AvgIpc) is 2.55. The van der Waals surface area contributed by atoms with E-state index in [2.05, 4.69) is 5.32 Å². The first kappa shape index (κ1) is 14.7. The van der Waals surface area contributed by atoms with Crippen LogP contribution in [0, 0.1) is 0 Å². The zero-order chi connectivity index (χ0) is 15.5. The summed E-state index contributed by atoms with van der Waals surface area (Å²) in [5.74, 6) is 0.742. The fourth-order valence-corrected chi connectivity index (χ4v) is 2.55. The van der Waals surface area contributed by atoms with Crippen LogP contribution in [0.5, 0.6) is 5.75 Å². The number of ether oxygens (including phenoxy) is 1. The number of urea groups is 1. The molecule has 2 aromatic carbocycles. The van der Waals surface area contributed by atoms with E-state index in [1.807, 2.05) is 31.2 Å². The van der Waals surface area contributed by atoms with E-state index in [4.69, 9.17) is 16.3 Å². The van der Waals surface area contributed by atoms with E-state index in [1.165, 1.54) is 0 Å². The van der Waals surface area contributed by atoms with Gasteiger partial charge in [0, 0.05) is 10.7 Å². The zero-order valence-electron chi connectivity index (χ0n) is 12.3. The smallest absolute Gasteiger partial charge is 0.326 e. The molecule has 0 radical (unpaired) electrons. The van der Waals surface area contributed by atoms with Gasteiger partial charge in [0.2, 0.25) is 0 Å². The predicted octanol–water partition coefficient (Wildman–Crippen LogP) is 4.55. The van der Waals surface area contributed by atoms with Crippen LogP contribution in [0.3, 0.4) is 0 Å². The van der Waals surface area contributed by atoms with Crippen molar-refractivity contribution < 1.29 is 9.53 Å². The van der Waals surface area contributed by atoms with Crippen LogP contribution in [0.2, 0.25) is 5.02 Å². The lowest BCUT2D eigenvalue weighted by Gasteiger charge is -2.34. The van der Waals surface area contributed by atoms with Gasteiger partial charge in [0.1, 0.15) is 11.9 Å². The SMILES string of the molecule is CC[C@H]1CN(C(=O)Nc2ccc(Cl)cc2)c2ccccc2O1. The molecule has 0 aliphatic carbocycles. The number of nitrogens with zero attached hydrogens (tertiary/aromatic N) is 1. The normalized spacial score (nSPS) is 16.6. The number of rotatable bonds is 2. The quantitative estimate of drug-likeness (QED) is 0.883. The average molecular weight is 317 g/mol. The number of hydrogen-bond acceptors (Lipinski definition) is 2. The summed E-state index contributed by atoms with van der Waals surface area (Å²) in [6.45, 7) is 2.58. The Morgan fingerprint density at radius 3 is 2.73 bits per heavy atom. The molecule has 0 bridgehead atoms. The number of para-hydroxylation sites is 2. The molecule has 1 atom stereocenters. The number of fused-ring (bicyclic) bond motifs is 1. The fourth-order valence-electron chi connectivity index (χ4n) is 2.43. The number of hydrogen-bond donors (Lipinski definition) is 1. The van der Waals surface area contributed by atoms with Crippen LogP contribution in [-0.4, -0.2) is 18.7 Å². The monoisotopic (exact) mass is 316 g/mol. The Labute approximate surface area is 134 Å². The summed E-state index contributed by atoms with van der Waals surface area (Å²) in [6, 6.07) is 14.5. The van der Waals surface area contributed by atoms with Crippen LogP contribution in [0.4, 0.5) is 16.2 Å². The first-order valence-electron chi connectivity index (χ1n) is 7.27. The van der Waals surface area contributed by atoms with Gasteiger partial charge >= 0.3 is 6.03 Å². The molecule has 0 spiro atoms. The molecule has 22 heavy (non-hydrogen) atoms. The van der Waals surface area contributed by atoms with Crippen molar-refractivity contribution in [2.75, 3.05) is 16.8 Å². The van der Waals surface area contributed by atoms with Gasteiger partial charge in [0.25, 0.3) is 0 Å². The van der Waals surface area contributed by atoms with Crippen LogP contribution < -0.4 is 15.0 Å². The van der Waals surface area contributed by atoms with Crippen molar-refractivity contribution in [3.05, 3.63) is 53.6 Å². The maximum Gasteiger partial charge on any atom is 0.326 e. The minimum atomic E-state index is -0.170. The van der Waals surface area contributed by atoms with E-state index in [0.29, 0.717) is 17.3 Å². The molecular weight excluding hydrogens is 300 g/mol. The van der Waals surface area contributed by atoms with Crippen LogP contribution in [0.15, 0.2) is 48.5 Å². The summed E-state index contributed by atoms with van der Waals surface area (Å²) in [4.78, 5) is 14.3. The highest BCUT2D eigenvalue weighted by Crippen LogP contribution is 2.34. The summed E-state index contributed by atoms with van der Waals surface area (Å²) < 4.78 is 5.89. The molecule has 0 aromatic heterocycles. The third-order valence-corrected chi connectivity index (χ3v) is 3.88. The highest BCUT2D eigenvalue weighted by molar-refractivity contribution is 6.30. The van der Waals surface area contributed by atoms with E-state index in [0.717, 1.165) is 17.9 Å². The Bertz CT molecular complexity index is 673. The second-order valence-corrected chi connectivity index (χ2v) is 5.60. The van der Waals surface area contributed by atoms with Gasteiger partial charge in [-0.15, -0.1) is 0 Å². The minimum absolute atomic E-state index is 0.00543. The summed E-state index contributed by atoms with van der Waals surface area (Å²) >= 11 is 5.86. The molecule has 4 nitrogen and oxygen atoms in total. The van der Waals surface area contributed by atoms with Crippen molar-refractivity contribution in [3.8, 4) is 5.75 Å². The second-order valence-electron chi connectivity index (χ2n) is 5.16. The molecule has 2 amide bonds. The van der Waals surface area contributed by atoms with Gasteiger partial charge in [-0.1, -0.05) is 30.7 Å². The number of carbonyl (C=O) groups excluding carboxylic acids is 1. The molecule has 3 rings (SSSR count). The second kappa shape index (κ2) is 6.28. The van der Waals surface area contributed by atoms with Crippen LogP contribution in [0.25, 0.3) is 0 Å². The van der Waals surface area contributed by atoms with Crippen molar-refractivity contribution >= 4 is 29.0 Å².